The molecule has 1 fully saturated rings. The van der Waals surface area contributed by atoms with Crippen LogP contribution in [0.4, 0.5) is 0 Å². The predicted molar refractivity (Wildman–Crippen MR) is 62.8 cm³/mol. The number of carbonyl (C=O) groups is 1. The third kappa shape index (κ3) is 3.08. The van der Waals surface area contributed by atoms with E-state index in [9.17, 15) is 9.90 Å². The molecular weight excluding hydrogens is 206 g/mol. The van der Waals surface area contributed by atoms with Crippen LogP contribution in [0.3, 0.4) is 0 Å². The number of rotatable bonds is 1. The van der Waals surface area contributed by atoms with E-state index < -0.39 is 13.7 Å². The summed E-state index contributed by atoms with van der Waals surface area (Å²) in [6, 6.07) is -0.177. The summed E-state index contributed by atoms with van der Waals surface area (Å²) in [5.74, 6) is 2.58. The third-order valence-electron chi connectivity index (χ3n) is 2.28. The Kier molecular flexibility index (Phi) is 2.99. The lowest BCUT2D eigenvalue weighted by Crippen LogP contribution is -2.64. The molecule has 0 aromatic heterocycles. The fraction of sp³-hybridized carbons (Fsp3) is 0.727. The van der Waals surface area contributed by atoms with E-state index in [-0.39, 0.29) is 17.9 Å². The van der Waals surface area contributed by atoms with Crippen molar-refractivity contribution in [3.05, 3.63) is 0 Å². The van der Waals surface area contributed by atoms with Crippen LogP contribution in [0.2, 0.25) is 19.6 Å². The average Bonchev–Trinajstić information content (AvgIpc) is 1.91. The maximum absolute atomic E-state index is 11.3. The molecule has 1 aliphatic heterocycles. The van der Waals surface area contributed by atoms with Gasteiger partial charge in [0.05, 0.1) is 11.5 Å². The minimum absolute atomic E-state index is 0.0997. The first-order chi connectivity index (χ1) is 6.61. The number of amides is 1. The van der Waals surface area contributed by atoms with Crippen LogP contribution in [0.1, 0.15) is 13.8 Å². The molecule has 1 amide bonds. The highest BCUT2D eigenvalue weighted by Crippen LogP contribution is 2.26. The van der Waals surface area contributed by atoms with Crippen molar-refractivity contribution in [1.82, 2.24) is 5.32 Å². The van der Waals surface area contributed by atoms with E-state index >= 15 is 0 Å². The van der Waals surface area contributed by atoms with E-state index in [1.165, 1.54) is 0 Å². The quantitative estimate of drug-likeness (QED) is 0.393. The lowest BCUT2D eigenvalue weighted by molar-refractivity contribution is -0.144. The molecule has 1 saturated heterocycles. The summed E-state index contributed by atoms with van der Waals surface area (Å²) in [5.41, 5.74) is 2.22. The first kappa shape index (κ1) is 12.3. The number of β-lactam (4-membered cyclic amide) rings is 1. The van der Waals surface area contributed by atoms with Crippen LogP contribution in [-0.2, 0) is 4.79 Å². The molecule has 0 aliphatic carbocycles. The molecule has 1 heterocycles. The first-order valence-electron chi connectivity index (χ1n) is 5.17. The molecule has 2 atom stereocenters. The predicted octanol–water partition coefficient (Wildman–Crippen LogP) is 0.753. The number of nitrogens with one attached hydrogen (secondary N) is 1. The Labute approximate surface area is 92.3 Å². The van der Waals surface area contributed by atoms with Crippen molar-refractivity contribution in [3.63, 3.8) is 0 Å². The van der Waals surface area contributed by atoms with Gasteiger partial charge in [0.25, 0.3) is 0 Å². The number of hydrogen-bond donors (Lipinski definition) is 2. The number of aliphatic hydroxyl groups is 1. The van der Waals surface area contributed by atoms with Gasteiger partial charge in [0.15, 0.2) is 0 Å². The van der Waals surface area contributed by atoms with E-state index in [1.54, 1.807) is 13.8 Å². The molecule has 4 heteroatoms. The Morgan fingerprint density at radius 1 is 1.40 bits per heavy atom. The normalized spacial score (nSPS) is 26.1. The third-order valence-corrected chi connectivity index (χ3v) is 3.17. The van der Waals surface area contributed by atoms with Crippen LogP contribution in [-0.4, -0.2) is 30.7 Å². The van der Waals surface area contributed by atoms with Crippen molar-refractivity contribution in [2.24, 2.45) is 5.92 Å². The first-order valence-corrected chi connectivity index (χ1v) is 8.67. The van der Waals surface area contributed by atoms with Crippen LogP contribution in [0, 0.1) is 17.4 Å². The molecule has 0 spiro atoms. The Hall–Kier alpha value is -0.793. The standard InChI is InChI=1S/C11H19NO2Si/c1-11(2,14)9-8(12-10(9)13)6-7-15(3,4)5/h8-9,14H,1-5H3,(H,12,13). The molecule has 0 aromatic carbocycles. The van der Waals surface area contributed by atoms with Crippen LogP contribution in [0.25, 0.3) is 0 Å². The number of carbonyl (C=O) groups excluding carboxylic acids is 1. The van der Waals surface area contributed by atoms with E-state index in [2.05, 4.69) is 36.4 Å². The maximum atomic E-state index is 11.3. The van der Waals surface area contributed by atoms with Gasteiger partial charge in [-0.2, -0.15) is 0 Å². The molecule has 3 nitrogen and oxygen atoms in total. The fourth-order valence-electron chi connectivity index (χ4n) is 1.52. The molecule has 0 bridgehead atoms. The van der Waals surface area contributed by atoms with Gasteiger partial charge in [-0.1, -0.05) is 25.6 Å². The van der Waals surface area contributed by atoms with Crippen molar-refractivity contribution < 1.29 is 9.90 Å². The van der Waals surface area contributed by atoms with Crippen LogP contribution in [0.15, 0.2) is 0 Å². The lowest BCUT2D eigenvalue weighted by atomic mass is 9.78. The zero-order chi connectivity index (χ0) is 11.9. The summed E-state index contributed by atoms with van der Waals surface area (Å²) in [6.45, 7) is 9.76. The van der Waals surface area contributed by atoms with Gasteiger partial charge in [0.1, 0.15) is 14.1 Å². The Bertz CT molecular complexity index is 327. The second-order valence-electron chi connectivity index (χ2n) is 5.64. The molecule has 0 aromatic rings. The Balaban J connectivity index is 2.74. The van der Waals surface area contributed by atoms with Crippen LogP contribution >= 0.6 is 0 Å². The summed E-state index contributed by atoms with van der Waals surface area (Å²) < 4.78 is 0. The van der Waals surface area contributed by atoms with E-state index in [1.807, 2.05) is 0 Å². The Morgan fingerprint density at radius 3 is 2.27 bits per heavy atom. The molecule has 15 heavy (non-hydrogen) atoms. The van der Waals surface area contributed by atoms with Gasteiger partial charge in [0, 0.05) is 0 Å². The van der Waals surface area contributed by atoms with Gasteiger partial charge < -0.3 is 10.4 Å². The van der Waals surface area contributed by atoms with Crippen molar-refractivity contribution in [1.29, 1.82) is 0 Å². The maximum Gasteiger partial charge on any atom is 0.230 e. The van der Waals surface area contributed by atoms with Crippen molar-refractivity contribution in [2.75, 3.05) is 0 Å². The van der Waals surface area contributed by atoms with Crippen LogP contribution in [0.5, 0.6) is 0 Å². The molecule has 0 saturated carbocycles. The number of hydrogen-bond acceptors (Lipinski definition) is 2. The topological polar surface area (TPSA) is 49.3 Å². The van der Waals surface area contributed by atoms with E-state index in [0.717, 1.165) is 0 Å². The molecule has 2 unspecified atom stereocenters. The van der Waals surface area contributed by atoms with Gasteiger partial charge in [-0.25, -0.2) is 0 Å². The SMILES string of the molecule is CC(C)(O)C1C(=O)NC1C#C[Si](C)(C)C. The highest BCUT2D eigenvalue weighted by molar-refractivity contribution is 6.83. The van der Waals surface area contributed by atoms with Crippen molar-refractivity contribution in [3.8, 4) is 11.5 Å². The summed E-state index contributed by atoms with van der Waals surface area (Å²) >= 11 is 0. The summed E-state index contributed by atoms with van der Waals surface area (Å²) in [6.07, 6.45) is 0. The minimum atomic E-state index is -1.41. The second kappa shape index (κ2) is 3.65. The highest BCUT2D eigenvalue weighted by atomic mass is 28.3. The lowest BCUT2D eigenvalue weighted by Gasteiger charge is -2.40. The highest BCUT2D eigenvalue weighted by Gasteiger charge is 2.47. The van der Waals surface area contributed by atoms with Crippen molar-refractivity contribution in [2.45, 2.75) is 45.1 Å². The Morgan fingerprint density at radius 2 is 1.93 bits per heavy atom. The molecule has 84 valence electrons. The van der Waals surface area contributed by atoms with Gasteiger partial charge in [-0.3, -0.25) is 4.79 Å². The van der Waals surface area contributed by atoms with Crippen molar-refractivity contribution >= 4 is 14.0 Å². The van der Waals surface area contributed by atoms with Crippen LogP contribution < -0.4 is 5.32 Å². The molecule has 1 rings (SSSR count). The second-order valence-corrected chi connectivity index (χ2v) is 10.4. The monoisotopic (exact) mass is 225 g/mol. The molecular formula is C11H19NO2Si. The van der Waals surface area contributed by atoms with Gasteiger partial charge in [-0.05, 0) is 13.8 Å². The zero-order valence-corrected chi connectivity index (χ0v) is 11.0. The summed E-state index contributed by atoms with van der Waals surface area (Å²) in [5, 5.41) is 12.5. The van der Waals surface area contributed by atoms with Gasteiger partial charge >= 0.3 is 0 Å². The summed E-state index contributed by atoms with van der Waals surface area (Å²) in [4.78, 5) is 11.3. The van der Waals surface area contributed by atoms with Gasteiger partial charge in [0.2, 0.25) is 5.91 Å². The smallest absolute Gasteiger partial charge is 0.230 e. The minimum Gasteiger partial charge on any atom is -0.390 e. The zero-order valence-electron chi connectivity index (χ0n) is 10.0. The molecule has 1 aliphatic rings. The van der Waals surface area contributed by atoms with E-state index in [0.29, 0.717) is 0 Å². The molecule has 0 radical (unpaired) electrons. The largest absolute Gasteiger partial charge is 0.390 e. The van der Waals surface area contributed by atoms with E-state index in [4.69, 9.17) is 0 Å². The molecule has 2 N–H and O–H groups in total. The summed E-state index contributed by atoms with van der Waals surface area (Å²) in [7, 11) is -1.41. The average molecular weight is 225 g/mol. The fourth-order valence-corrected chi connectivity index (χ4v) is 2.11. The van der Waals surface area contributed by atoms with Gasteiger partial charge in [-0.15, -0.1) is 5.54 Å².